The van der Waals surface area contributed by atoms with E-state index in [0.717, 1.165) is 22.3 Å². The van der Waals surface area contributed by atoms with Gasteiger partial charge in [-0.25, -0.2) is 4.79 Å². The number of carbonyl (C=O) groups excluding carboxylic acids is 2. The van der Waals surface area contributed by atoms with Crippen molar-refractivity contribution in [3.8, 4) is 11.5 Å². The van der Waals surface area contributed by atoms with E-state index in [9.17, 15) is 14.4 Å². The summed E-state index contributed by atoms with van der Waals surface area (Å²) in [5.41, 5.74) is 4.39. The van der Waals surface area contributed by atoms with Gasteiger partial charge in [-0.2, -0.15) is 5.01 Å². The van der Waals surface area contributed by atoms with Crippen LogP contribution in [0.5, 0.6) is 11.5 Å². The number of rotatable bonds is 7. The maximum Gasteiger partial charge on any atom is 0.344 e. The quantitative estimate of drug-likeness (QED) is 0.467. The van der Waals surface area contributed by atoms with Gasteiger partial charge in [0.05, 0.1) is 12.0 Å². The number of thiocarbonyl (C=S) groups is 1. The molecule has 1 unspecified atom stereocenters. The van der Waals surface area contributed by atoms with Crippen LogP contribution in [0.1, 0.15) is 28.4 Å². The molecule has 3 rings (SSSR count). The Labute approximate surface area is 194 Å². The Morgan fingerprint density at radius 3 is 2.59 bits per heavy atom. The third-order valence-electron chi connectivity index (χ3n) is 4.53. The van der Waals surface area contributed by atoms with Crippen molar-refractivity contribution in [3.63, 3.8) is 0 Å². The van der Waals surface area contributed by atoms with Crippen LogP contribution in [0, 0.1) is 6.92 Å². The number of carboxylic acid groups (broad SMARTS) is 1. The highest BCUT2D eigenvalue weighted by Crippen LogP contribution is 2.34. The van der Waals surface area contributed by atoms with Gasteiger partial charge in [-0.3, -0.25) is 15.0 Å². The maximum atomic E-state index is 12.8. The van der Waals surface area contributed by atoms with E-state index in [4.69, 9.17) is 26.8 Å². The number of hydrogen-bond donors (Lipinski definition) is 2. The highest BCUT2D eigenvalue weighted by molar-refractivity contribution is 8.26. The first-order chi connectivity index (χ1) is 15.2. The Morgan fingerprint density at radius 1 is 1.22 bits per heavy atom. The third-order valence-corrected chi connectivity index (χ3v) is 5.84. The second kappa shape index (κ2) is 9.84. The predicted molar refractivity (Wildman–Crippen MR) is 124 cm³/mol. The lowest BCUT2D eigenvalue weighted by atomic mass is 10.1. The van der Waals surface area contributed by atoms with Crippen molar-refractivity contribution in [3.05, 3.63) is 64.1 Å². The van der Waals surface area contributed by atoms with Crippen LogP contribution in [0.25, 0.3) is 6.08 Å². The number of aliphatic carboxylic acids is 1. The Morgan fingerprint density at radius 2 is 1.94 bits per heavy atom. The van der Waals surface area contributed by atoms with Crippen molar-refractivity contribution in [1.29, 1.82) is 0 Å². The number of nitrogens with one attached hydrogen (secondary N) is 1. The van der Waals surface area contributed by atoms with Gasteiger partial charge in [0.2, 0.25) is 0 Å². The highest BCUT2D eigenvalue weighted by Gasteiger charge is 2.34. The number of carboxylic acids is 1. The Kier molecular flexibility index (Phi) is 7.16. The molecule has 10 heteroatoms. The van der Waals surface area contributed by atoms with Crippen molar-refractivity contribution in [2.24, 2.45) is 0 Å². The number of benzene rings is 2. The fourth-order valence-electron chi connectivity index (χ4n) is 2.82. The normalized spacial score (nSPS) is 15.6. The minimum atomic E-state index is -1.10. The number of amides is 2. The van der Waals surface area contributed by atoms with Gasteiger partial charge >= 0.3 is 5.97 Å². The molecule has 1 aliphatic heterocycles. The SMILES string of the molecule is COc1cc(/C=C2/SC(=S)N(NC(=O)c3ccccc3C)C2=O)ccc1OC(C)C(=O)O. The summed E-state index contributed by atoms with van der Waals surface area (Å²) in [5.74, 6) is -1.42. The monoisotopic (exact) mass is 472 g/mol. The van der Waals surface area contributed by atoms with Crippen molar-refractivity contribution in [1.82, 2.24) is 10.4 Å². The second-order valence-corrected chi connectivity index (χ2v) is 8.46. The largest absolute Gasteiger partial charge is 0.493 e. The van der Waals surface area contributed by atoms with Crippen molar-refractivity contribution in [2.45, 2.75) is 20.0 Å². The van der Waals surface area contributed by atoms with Crippen molar-refractivity contribution >= 4 is 52.2 Å². The predicted octanol–water partition coefficient (Wildman–Crippen LogP) is 3.40. The maximum absolute atomic E-state index is 12.8. The third kappa shape index (κ3) is 5.09. The van der Waals surface area contributed by atoms with Crippen LogP contribution in [0.3, 0.4) is 0 Å². The molecule has 1 saturated heterocycles. The van der Waals surface area contributed by atoms with Gasteiger partial charge in [0.25, 0.3) is 11.8 Å². The van der Waals surface area contributed by atoms with E-state index in [1.165, 1.54) is 14.0 Å². The molecule has 2 aromatic rings. The van der Waals surface area contributed by atoms with Crippen LogP contribution in [-0.4, -0.2) is 45.4 Å². The summed E-state index contributed by atoms with van der Waals surface area (Å²) in [7, 11) is 1.43. The van der Waals surface area contributed by atoms with E-state index >= 15 is 0 Å². The zero-order valence-corrected chi connectivity index (χ0v) is 19.1. The molecule has 0 aromatic heterocycles. The summed E-state index contributed by atoms with van der Waals surface area (Å²) in [6.07, 6.45) is 0.550. The van der Waals surface area contributed by atoms with Crippen LogP contribution in [0.15, 0.2) is 47.4 Å². The highest BCUT2D eigenvalue weighted by atomic mass is 32.2. The molecule has 0 spiro atoms. The lowest BCUT2D eigenvalue weighted by Gasteiger charge is -2.16. The molecule has 2 N–H and O–H groups in total. The molecule has 1 fully saturated rings. The molecule has 0 bridgehead atoms. The molecule has 1 aliphatic rings. The topological polar surface area (TPSA) is 105 Å². The van der Waals surface area contributed by atoms with E-state index in [2.05, 4.69) is 5.43 Å². The zero-order chi connectivity index (χ0) is 23.4. The molecule has 0 radical (unpaired) electrons. The van der Waals surface area contributed by atoms with Gasteiger partial charge in [-0.1, -0.05) is 36.0 Å². The minimum Gasteiger partial charge on any atom is -0.493 e. The van der Waals surface area contributed by atoms with Gasteiger partial charge in [-0.05, 0) is 61.5 Å². The number of hydrogen-bond acceptors (Lipinski definition) is 7. The van der Waals surface area contributed by atoms with Crippen LogP contribution in [-0.2, 0) is 9.59 Å². The van der Waals surface area contributed by atoms with E-state index in [0.29, 0.717) is 21.8 Å². The Bertz CT molecular complexity index is 1130. The minimum absolute atomic E-state index is 0.199. The molecule has 2 aromatic carbocycles. The average molecular weight is 473 g/mol. The molecule has 1 heterocycles. The van der Waals surface area contributed by atoms with E-state index < -0.39 is 23.9 Å². The van der Waals surface area contributed by atoms with Crippen LogP contribution in [0.2, 0.25) is 0 Å². The van der Waals surface area contributed by atoms with Crippen molar-refractivity contribution < 1.29 is 29.0 Å². The number of carbonyl (C=O) groups is 3. The first-order valence-electron chi connectivity index (χ1n) is 9.43. The van der Waals surface area contributed by atoms with Crippen molar-refractivity contribution in [2.75, 3.05) is 7.11 Å². The zero-order valence-electron chi connectivity index (χ0n) is 17.4. The van der Waals surface area contributed by atoms with Gasteiger partial charge < -0.3 is 14.6 Å². The van der Waals surface area contributed by atoms with E-state index in [1.54, 1.807) is 49.4 Å². The fraction of sp³-hybridized carbons (Fsp3) is 0.182. The van der Waals surface area contributed by atoms with Crippen LogP contribution < -0.4 is 14.9 Å². The smallest absolute Gasteiger partial charge is 0.344 e. The molecule has 1 atom stereocenters. The fourth-order valence-corrected chi connectivity index (χ4v) is 4.00. The lowest BCUT2D eigenvalue weighted by molar-refractivity contribution is -0.144. The van der Waals surface area contributed by atoms with Gasteiger partial charge in [-0.15, -0.1) is 0 Å². The molecular weight excluding hydrogens is 452 g/mol. The number of methoxy groups -OCH3 is 1. The van der Waals surface area contributed by atoms with Crippen LogP contribution in [0.4, 0.5) is 0 Å². The summed E-state index contributed by atoms with van der Waals surface area (Å²) in [6, 6.07) is 11.9. The number of hydrazine groups is 1. The summed E-state index contributed by atoms with van der Waals surface area (Å²) >= 11 is 6.32. The number of aryl methyl sites for hydroxylation is 1. The first-order valence-corrected chi connectivity index (χ1v) is 10.7. The first kappa shape index (κ1) is 23.3. The molecule has 8 nitrogen and oxygen atoms in total. The summed E-state index contributed by atoms with van der Waals surface area (Å²) < 4.78 is 10.9. The van der Waals surface area contributed by atoms with E-state index in [-0.39, 0.29) is 10.1 Å². The number of thioether (sulfide) groups is 1. The molecule has 166 valence electrons. The van der Waals surface area contributed by atoms with Gasteiger partial charge in [0.1, 0.15) is 0 Å². The molecule has 2 amide bonds. The van der Waals surface area contributed by atoms with E-state index in [1.807, 2.05) is 6.07 Å². The van der Waals surface area contributed by atoms with Gasteiger partial charge in [0.15, 0.2) is 21.9 Å². The molecular formula is C22H20N2O6S2. The summed E-state index contributed by atoms with van der Waals surface area (Å²) in [6.45, 7) is 3.21. The number of nitrogens with zero attached hydrogens (tertiary/aromatic N) is 1. The summed E-state index contributed by atoms with van der Waals surface area (Å²) in [5, 5.41) is 10.1. The molecule has 0 saturated carbocycles. The van der Waals surface area contributed by atoms with Crippen LogP contribution >= 0.6 is 24.0 Å². The Balaban J connectivity index is 1.79. The molecule has 0 aliphatic carbocycles. The lowest BCUT2D eigenvalue weighted by Crippen LogP contribution is -2.45. The Hall–Kier alpha value is -3.37. The standard InChI is InChI=1S/C22H20N2O6S2/c1-12-6-4-5-7-15(12)19(25)23-24-20(26)18(32-22(24)31)11-14-8-9-16(17(10-14)29-3)30-13(2)21(27)28/h4-11,13H,1-3H3,(H,23,25)(H,27,28)/b18-11+. The van der Waals surface area contributed by atoms with Gasteiger partial charge in [0, 0.05) is 5.56 Å². The molecule has 32 heavy (non-hydrogen) atoms. The average Bonchev–Trinajstić information content (AvgIpc) is 3.02. The summed E-state index contributed by atoms with van der Waals surface area (Å²) in [4.78, 5) is 36.7. The number of ether oxygens (including phenoxy) is 2. The second-order valence-electron chi connectivity index (χ2n) is 6.78.